The number of hydrogen-bond acceptors (Lipinski definition) is 5. The highest BCUT2D eigenvalue weighted by Crippen LogP contribution is 2.37. The summed E-state index contributed by atoms with van der Waals surface area (Å²) in [5.41, 5.74) is 1.47. The van der Waals surface area contributed by atoms with Gasteiger partial charge >= 0.3 is 6.03 Å². The summed E-state index contributed by atoms with van der Waals surface area (Å²) in [4.78, 5) is 47.0. The van der Waals surface area contributed by atoms with Crippen LogP contribution < -0.4 is 5.32 Å². The zero-order valence-corrected chi connectivity index (χ0v) is 19.5. The van der Waals surface area contributed by atoms with E-state index in [1.807, 2.05) is 58.1 Å². The molecule has 0 aliphatic carbocycles. The third kappa shape index (κ3) is 4.21. The first-order valence-electron chi connectivity index (χ1n) is 11.5. The molecule has 4 amide bonds. The van der Waals surface area contributed by atoms with Crippen LogP contribution in [-0.2, 0) is 17.8 Å². The molecule has 0 bridgehead atoms. The lowest BCUT2D eigenvalue weighted by Crippen LogP contribution is -2.58. The fourth-order valence-electron chi connectivity index (χ4n) is 5.07. The van der Waals surface area contributed by atoms with Gasteiger partial charge in [0, 0.05) is 37.3 Å². The van der Waals surface area contributed by atoms with Crippen molar-refractivity contribution < 1.29 is 14.4 Å². The van der Waals surface area contributed by atoms with E-state index in [0.29, 0.717) is 37.9 Å². The van der Waals surface area contributed by atoms with E-state index < -0.39 is 5.54 Å². The van der Waals surface area contributed by atoms with E-state index in [1.54, 1.807) is 18.5 Å². The fourth-order valence-corrected chi connectivity index (χ4v) is 5.70. The van der Waals surface area contributed by atoms with E-state index in [2.05, 4.69) is 10.3 Å². The lowest BCUT2D eigenvalue weighted by atomic mass is 9.74. The minimum atomic E-state index is -1.03. The van der Waals surface area contributed by atoms with Crippen molar-refractivity contribution >= 4 is 29.2 Å². The molecular weight excluding hydrogens is 448 g/mol. The lowest BCUT2D eigenvalue weighted by molar-refractivity contribution is -0.134. The van der Waals surface area contributed by atoms with Gasteiger partial charge in [0.15, 0.2) is 0 Å². The van der Waals surface area contributed by atoms with E-state index >= 15 is 0 Å². The van der Waals surface area contributed by atoms with Gasteiger partial charge in [-0.25, -0.2) is 4.79 Å². The highest BCUT2D eigenvalue weighted by atomic mass is 32.1. The summed E-state index contributed by atoms with van der Waals surface area (Å²) in [5, 5.41) is 6.86. The Morgan fingerprint density at radius 3 is 2.50 bits per heavy atom. The molecule has 34 heavy (non-hydrogen) atoms. The van der Waals surface area contributed by atoms with Gasteiger partial charge in [0.1, 0.15) is 5.54 Å². The summed E-state index contributed by atoms with van der Waals surface area (Å²) in [6.45, 7) is 1.30. The van der Waals surface area contributed by atoms with Crippen LogP contribution in [0.5, 0.6) is 0 Å². The van der Waals surface area contributed by atoms with Crippen LogP contribution in [0.1, 0.15) is 34.3 Å². The highest BCUT2D eigenvalue weighted by molar-refractivity contribution is 7.08. The zero-order chi connectivity index (χ0) is 23.5. The average Bonchev–Trinajstić information content (AvgIpc) is 3.49. The molecule has 2 aliphatic rings. The number of piperidine rings is 1. The van der Waals surface area contributed by atoms with E-state index in [0.717, 1.165) is 11.1 Å². The van der Waals surface area contributed by atoms with Crippen LogP contribution in [-0.4, -0.2) is 51.3 Å². The maximum Gasteiger partial charge on any atom is 0.325 e. The standard InChI is InChI=1S/C26H26N4O3S/c31-23(21-10-14-34-18-21)29-12-8-22(9-13-29)26(15-19-5-2-1-3-6-19)24(32)30(25(33)28-26)17-20-7-4-11-27-16-20/h1-7,10-11,14,16,18,22H,8-9,12-13,15,17H2,(H,28,33)/t26-/m1/s1. The van der Waals surface area contributed by atoms with Gasteiger partial charge in [-0.05, 0) is 47.4 Å². The molecule has 2 saturated heterocycles. The third-order valence-electron chi connectivity index (χ3n) is 6.84. The first kappa shape index (κ1) is 22.3. The molecule has 0 radical (unpaired) electrons. The van der Waals surface area contributed by atoms with Crippen LogP contribution in [0.15, 0.2) is 71.7 Å². The molecule has 1 N–H and O–H groups in total. The zero-order valence-electron chi connectivity index (χ0n) is 18.7. The SMILES string of the molecule is O=C(c1ccsc1)N1CCC([C@@]2(Cc3ccccc3)NC(=O)N(Cc3cccnc3)C2=O)CC1. The number of thiophene rings is 1. The number of amides is 4. The molecule has 0 spiro atoms. The first-order chi connectivity index (χ1) is 16.6. The summed E-state index contributed by atoms with van der Waals surface area (Å²) in [6, 6.07) is 14.9. The molecule has 0 saturated carbocycles. The monoisotopic (exact) mass is 474 g/mol. The minimum absolute atomic E-state index is 0.0248. The van der Waals surface area contributed by atoms with Gasteiger partial charge in [-0.15, -0.1) is 0 Å². The molecule has 8 heteroatoms. The quantitative estimate of drug-likeness (QED) is 0.552. The van der Waals surface area contributed by atoms with E-state index in [1.165, 1.54) is 16.2 Å². The van der Waals surface area contributed by atoms with Crippen molar-refractivity contribution in [1.82, 2.24) is 20.1 Å². The van der Waals surface area contributed by atoms with Gasteiger partial charge in [-0.3, -0.25) is 19.5 Å². The molecule has 1 aromatic carbocycles. The largest absolute Gasteiger partial charge is 0.339 e. The summed E-state index contributed by atoms with van der Waals surface area (Å²) >= 11 is 1.51. The van der Waals surface area contributed by atoms with Crippen LogP contribution in [0.2, 0.25) is 0 Å². The molecule has 0 unspecified atom stereocenters. The van der Waals surface area contributed by atoms with Crippen molar-refractivity contribution in [3.8, 4) is 0 Å². The van der Waals surface area contributed by atoms with E-state index in [9.17, 15) is 14.4 Å². The molecule has 4 heterocycles. The van der Waals surface area contributed by atoms with Crippen molar-refractivity contribution in [1.29, 1.82) is 0 Å². The van der Waals surface area contributed by atoms with E-state index in [-0.39, 0.29) is 30.3 Å². The molecular formula is C26H26N4O3S. The summed E-state index contributed by atoms with van der Waals surface area (Å²) in [5.74, 6) is -0.251. The second-order valence-corrected chi connectivity index (χ2v) is 9.67. The van der Waals surface area contributed by atoms with Gasteiger partial charge in [0.25, 0.3) is 11.8 Å². The molecule has 2 fully saturated rings. The number of nitrogens with zero attached hydrogens (tertiary/aromatic N) is 3. The van der Waals surface area contributed by atoms with Crippen molar-refractivity contribution in [2.45, 2.75) is 31.3 Å². The van der Waals surface area contributed by atoms with Crippen LogP contribution in [0, 0.1) is 5.92 Å². The van der Waals surface area contributed by atoms with Crippen LogP contribution in [0.3, 0.4) is 0 Å². The maximum atomic E-state index is 13.9. The number of urea groups is 1. The molecule has 2 aromatic heterocycles. The number of pyridine rings is 1. The predicted molar refractivity (Wildman–Crippen MR) is 129 cm³/mol. The van der Waals surface area contributed by atoms with Crippen LogP contribution in [0.4, 0.5) is 4.79 Å². The molecule has 1 atom stereocenters. The first-order valence-corrected chi connectivity index (χ1v) is 12.4. The number of hydrogen-bond donors (Lipinski definition) is 1. The lowest BCUT2D eigenvalue weighted by Gasteiger charge is -2.41. The molecule has 2 aliphatic heterocycles. The summed E-state index contributed by atoms with van der Waals surface area (Å²) < 4.78 is 0. The van der Waals surface area contributed by atoms with Gasteiger partial charge < -0.3 is 10.2 Å². The Morgan fingerprint density at radius 2 is 1.82 bits per heavy atom. The number of imide groups is 1. The molecule has 5 rings (SSSR count). The number of rotatable bonds is 6. The Kier molecular flexibility index (Phi) is 6.15. The second kappa shape index (κ2) is 9.38. The van der Waals surface area contributed by atoms with Crippen molar-refractivity contribution in [2.75, 3.05) is 13.1 Å². The fraction of sp³-hybridized carbons (Fsp3) is 0.308. The number of nitrogens with one attached hydrogen (secondary N) is 1. The number of carbonyl (C=O) groups excluding carboxylic acids is 3. The van der Waals surface area contributed by atoms with Gasteiger partial charge in [-0.2, -0.15) is 11.3 Å². The van der Waals surface area contributed by atoms with Crippen LogP contribution in [0.25, 0.3) is 0 Å². The smallest absolute Gasteiger partial charge is 0.325 e. The van der Waals surface area contributed by atoms with Crippen molar-refractivity contribution in [2.24, 2.45) is 5.92 Å². The Morgan fingerprint density at radius 1 is 1.06 bits per heavy atom. The second-order valence-electron chi connectivity index (χ2n) is 8.89. The van der Waals surface area contributed by atoms with Crippen LogP contribution >= 0.6 is 11.3 Å². The Labute approximate surface area is 202 Å². The van der Waals surface area contributed by atoms with Gasteiger partial charge in [0.2, 0.25) is 0 Å². The Hall–Kier alpha value is -3.52. The molecule has 174 valence electrons. The summed E-state index contributed by atoms with van der Waals surface area (Å²) in [7, 11) is 0. The van der Waals surface area contributed by atoms with Gasteiger partial charge in [0.05, 0.1) is 12.1 Å². The molecule has 3 aromatic rings. The average molecular weight is 475 g/mol. The van der Waals surface area contributed by atoms with Crippen molar-refractivity contribution in [3.05, 3.63) is 88.4 Å². The maximum absolute atomic E-state index is 13.9. The summed E-state index contributed by atoms with van der Waals surface area (Å²) in [6.07, 6.45) is 5.06. The third-order valence-corrected chi connectivity index (χ3v) is 7.52. The van der Waals surface area contributed by atoms with Crippen molar-refractivity contribution in [3.63, 3.8) is 0 Å². The van der Waals surface area contributed by atoms with E-state index in [4.69, 9.17) is 0 Å². The predicted octanol–water partition coefficient (Wildman–Crippen LogP) is 3.73. The Bertz CT molecular complexity index is 1160. The normalized spacial score (nSPS) is 21.1. The molecule has 7 nitrogen and oxygen atoms in total. The minimum Gasteiger partial charge on any atom is -0.339 e. The number of carbonyl (C=O) groups is 3. The number of likely N-dealkylation sites (tertiary alicyclic amines) is 1. The Balaban J connectivity index is 1.39. The highest BCUT2D eigenvalue weighted by Gasteiger charge is 2.56. The topological polar surface area (TPSA) is 82.6 Å². The number of aromatic nitrogens is 1. The number of benzene rings is 1. The van der Waals surface area contributed by atoms with Gasteiger partial charge in [-0.1, -0.05) is 36.4 Å².